The number of hydrogen-bond donors (Lipinski definition) is 1. The molecule has 150 valence electrons. The predicted octanol–water partition coefficient (Wildman–Crippen LogP) is -1.17. The van der Waals surface area contributed by atoms with E-state index >= 15 is 0 Å². The molecule has 8 nitrogen and oxygen atoms in total. The molecule has 1 amide bonds. The van der Waals surface area contributed by atoms with Crippen LogP contribution in [0.3, 0.4) is 0 Å². The first-order chi connectivity index (χ1) is 13.0. The van der Waals surface area contributed by atoms with Crippen LogP contribution in [-0.4, -0.2) is 89.2 Å². The van der Waals surface area contributed by atoms with Gasteiger partial charge in [-0.2, -0.15) is 4.31 Å². The quantitative estimate of drug-likeness (QED) is 0.654. The average Bonchev–Trinajstić information content (AvgIpc) is 2.69. The number of carbonyl (C=O) groups excluding carboxylic acids is 1. The molecule has 0 radical (unpaired) electrons. The number of hydrogen-bond acceptors (Lipinski definition) is 5. The average molecular weight is 399 g/mol. The summed E-state index contributed by atoms with van der Waals surface area (Å²) < 4.78 is 37.8. The Bertz CT molecular complexity index is 724. The molecule has 2 fully saturated rings. The minimum Gasteiger partial charge on any atom is -0.494 e. The van der Waals surface area contributed by atoms with Gasteiger partial charge in [0, 0.05) is 26.2 Å². The van der Waals surface area contributed by atoms with Gasteiger partial charge in [0.25, 0.3) is 5.91 Å². The molecule has 0 bridgehead atoms. The molecule has 0 unspecified atom stereocenters. The fourth-order valence-corrected chi connectivity index (χ4v) is 4.79. The summed E-state index contributed by atoms with van der Waals surface area (Å²) in [6.45, 7) is 7.44. The van der Waals surface area contributed by atoms with Crippen LogP contribution in [0.5, 0.6) is 5.75 Å². The van der Waals surface area contributed by atoms with E-state index in [1.54, 1.807) is 29.2 Å². The number of rotatable bonds is 6. The smallest absolute Gasteiger partial charge is 0.277 e. The second-order valence-corrected chi connectivity index (χ2v) is 8.67. The van der Waals surface area contributed by atoms with Gasteiger partial charge in [-0.3, -0.25) is 4.79 Å². The zero-order valence-electron chi connectivity index (χ0n) is 15.7. The van der Waals surface area contributed by atoms with Gasteiger partial charge < -0.3 is 19.3 Å². The van der Waals surface area contributed by atoms with Gasteiger partial charge in [-0.1, -0.05) is 0 Å². The van der Waals surface area contributed by atoms with Gasteiger partial charge in [0.05, 0.1) is 24.7 Å². The molecule has 0 aromatic heterocycles. The molecule has 1 aromatic rings. The van der Waals surface area contributed by atoms with E-state index in [0.29, 0.717) is 58.3 Å². The van der Waals surface area contributed by atoms with Gasteiger partial charge in [-0.25, -0.2) is 8.42 Å². The van der Waals surface area contributed by atoms with E-state index in [0.717, 1.165) is 13.1 Å². The molecule has 0 spiro atoms. The van der Waals surface area contributed by atoms with Gasteiger partial charge >= 0.3 is 0 Å². The third-order valence-electron chi connectivity index (χ3n) is 4.96. The number of nitrogens with one attached hydrogen (secondary N) is 1. The molecule has 3 rings (SSSR count). The zero-order valence-corrected chi connectivity index (χ0v) is 16.5. The summed E-state index contributed by atoms with van der Waals surface area (Å²) in [6, 6.07) is 6.47. The van der Waals surface area contributed by atoms with Crippen molar-refractivity contribution in [1.29, 1.82) is 0 Å². The maximum Gasteiger partial charge on any atom is 0.277 e. The Kier molecular flexibility index (Phi) is 6.69. The lowest BCUT2D eigenvalue weighted by atomic mass is 10.3. The first-order valence-electron chi connectivity index (χ1n) is 9.43. The molecule has 0 atom stereocenters. The largest absolute Gasteiger partial charge is 0.494 e. The van der Waals surface area contributed by atoms with Crippen LogP contribution in [0, 0.1) is 0 Å². The van der Waals surface area contributed by atoms with Crippen LogP contribution in [0.1, 0.15) is 6.92 Å². The SMILES string of the molecule is CCOc1ccc(S(=O)(=O)N2CCN(C(=O)C[NH+]3CCOCC3)CC2)cc1. The Morgan fingerprint density at radius 2 is 1.74 bits per heavy atom. The Morgan fingerprint density at radius 1 is 1.11 bits per heavy atom. The van der Waals surface area contributed by atoms with Crippen molar-refractivity contribution in [2.75, 3.05) is 65.6 Å². The number of morpholine rings is 1. The minimum absolute atomic E-state index is 0.0880. The fraction of sp³-hybridized carbons (Fsp3) is 0.611. The summed E-state index contributed by atoms with van der Waals surface area (Å²) in [5.74, 6) is 0.738. The summed E-state index contributed by atoms with van der Waals surface area (Å²) in [5, 5.41) is 0. The van der Waals surface area contributed by atoms with Crippen LogP contribution < -0.4 is 9.64 Å². The number of nitrogens with zero attached hydrogens (tertiary/aromatic N) is 2. The predicted molar refractivity (Wildman–Crippen MR) is 99.3 cm³/mol. The van der Waals surface area contributed by atoms with E-state index in [1.165, 1.54) is 9.21 Å². The van der Waals surface area contributed by atoms with E-state index in [9.17, 15) is 13.2 Å². The van der Waals surface area contributed by atoms with Gasteiger partial charge in [0.15, 0.2) is 6.54 Å². The molecule has 1 aromatic carbocycles. The lowest BCUT2D eigenvalue weighted by Gasteiger charge is -2.34. The first-order valence-corrected chi connectivity index (χ1v) is 10.9. The molecule has 27 heavy (non-hydrogen) atoms. The highest BCUT2D eigenvalue weighted by atomic mass is 32.2. The van der Waals surface area contributed by atoms with Crippen LogP contribution in [0.2, 0.25) is 0 Å². The monoisotopic (exact) mass is 398 g/mol. The van der Waals surface area contributed by atoms with Crippen molar-refractivity contribution in [1.82, 2.24) is 9.21 Å². The van der Waals surface area contributed by atoms with Gasteiger partial charge in [0.1, 0.15) is 18.8 Å². The van der Waals surface area contributed by atoms with Crippen LogP contribution in [0.15, 0.2) is 29.2 Å². The van der Waals surface area contributed by atoms with Crippen molar-refractivity contribution >= 4 is 15.9 Å². The zero-order chi connectivity index (χ0) is 19.3. The van der Waals surface area contributed by atoms with Gasteiger partial charge in [0.2, 0.25) is 10.0 Å². The summed E-state index contributed by atoms with van der Waals surface area (Å²) in [4.78, 5) is 15.7. The maximum absolute atomic E-state index is 12.8. The summed E-state index contributed by atoms with van der Waals surface area (Å²) in [5.41, 5.74) is 0. The fourth-order valence-electron chi connectivity index (χ4n) is 3.36. The number of sulfonamides is 1. The number of piperazine rings is 1. The number of amides is 1. The number of ether oxygens (including phenoxy) is 2. The van der Waals surface area contributed by atoms with Gasteiger partial charge in [-0.05, 0) is 31.2 Å². The Balaban J connectivity index is 1.55. The van der Waals surface area contributed by atoms with Crippen LogP contribution in [0.4, 0.5) is 0 Å². The van der Waals surface area contributed by atoms with Crippen molar-refractivity contribution in [2.24, 2.45) is 0 Å². The highest BCUT2D eigenvalue weighted by Crippen LogP contribution is 2.20. The third-order valence-corrected chi connectivity index (χ3v) is 6.88. The topological polar surface area (TPSA) is 80.6 Å². The highest BCUT2D eigenvalue weighted by Gasteiger charge is 2.31. The van der Waals surface area contributed by atoms with E-state index < -0.39 is 10.0 Å². The maximum atomic E-state index is 12.8. The van der Waals surface area contributed by atoms with E-state index in [1.807, 2.05) is 6.92 Å². The Morgan fingerprint density at radius 3 is 2.33 bits per heavy atom. The summed E-state index contributed by atoms with van der Waals surface area (Å²) in [7, 11) is -3.55. The van der Waals surface area contributed by atoms with Crippen LogP contribution in [-0.2, 0) is 19.6 Å². The molecule has 2 aliphatic rings. The van der Waals surface area contributed by atoms with Crippen molar-refractivity contribution in [3.05, 3.63) is 24.3 Å². The first kappa shape index (κ1) is 20.1. The minimum atomic E-state index is -3.55. The van der Waals surface area contributed by atoms with Crippen molar-refractivity contribution in [3.63, 3.8) is 0 Å². The van der Waals surface area contributed by atoms with E-state index in [4.69, 9.17) is 9.47 Å². The molecule has 9 heteroatoms. The lowest BCUT2D eigenvalue weighted by molar-refractivity contribution is -0.900. The molecular formula is C18H28N3O5S+. The van der Waals surface area contributed by atoms with E-state index in [2.05, 4.69) is 0 Å². The molecule has 0 aliphatic carbocycles. The third kappa shape index (κ3) is 4.98. The van der Waals surface area contributed by atoms with Gasteiger partial charge in [-0.15, -0.1) is 0 Å². The molecule has 2 aliphatic heterocycles. The number of quaternary nitrogens is 1. The highest BCUT2D eigenvalue weighted by molar-refractivity contribution is 7.89. The van der Waals surface area contributed by atoms with Crippen molar-refractivity contribution < 1.29 is 27.6 Å². The van der Waals surface area contributed by atoms with Crippen molar-refractivity contribution in [3.8, 4) is 5.75 Å². The second-order valence-electron chi connectivity index (χ2n) is 6.73. The normalized spacial score (nSPS) is 19.8. The molecule has 2 heterocycles. The summed E-state index contributed by atoms with van der Waals surface area (Å²) >= 11 is 0. The molecule has 0 saturated carbocycles. The lowest BCUT2D eigenvalue weighted by Crippen LogP contribution is -3.15. The molecular weight excluding hydrogens is 370 g/mol. The Hall–Kier alpha value is -1.68. The van der Waals surface area contributed by atoms with E-state index in [-0.39, 0.29) is 10.8 Å². The summed E-state index contributed by atoms with van der Waals surface area (Å²) in [6.07, 6.45) is 0. The number of benzene rings is 1. The van der Waals surface area contributed by atoms with Crippen LogP contribution in [0.25, 0.3) is 0 Å². The molecule has 1 N–H and O–H groups in total. The number of carbonyl (C=O) groups is 1. The van der Waals surface area contributed by atoms with Crippen LogP contribution >= 0.6 is 0 Å². The molecule has 2 saturated heterocycles. The standard InChI is InChI=1S/C18H27N3O5S/c1-2-26-16-3-5-17(6-4-16)27(23,24)21-9-7-20(8-10-21)18(22)15-19-11-13-25-14-12-19/h3-6H,2,7-15H2,1H3/p+1. The Labute approximate surface area is 160 Å². The van der Waals surface area contributed by atoms with Crippen molar-refractivity contribution in [2.45, 2.75) is 11.8 Å². The second kappa shape index (κ2) is 9.01.